The van der Waals surface area contributed by atoms with Gasteiger partial charge in [-0.05, 0) is 42.0 Å². The number of carboxylic acid groups (broad SMARTS) is 1. The minimum Gasteiger partial charge on any atom is -0.508 e. The number of aliphatic carboxylic acids is 1. The Morgan fingerprint density at radius 1 is 0.941 bits per heavy atom. The molecular weight excluding hydrogens is 464 g/mol. The van der Waals surface area contributed by atoms with Gasteiger partial charge in [-0.25, -0.2) is 4.79 Å². The molecule has 4 unspecified atom stereocenters. The van der Waals surface area contributed by atoms with Gasteiger partial charge >= 0.3 is 5.97 Å². The molecule has 0 bridgehead atoms. The van der Waals surface area contributed by atoms with Crippen LogP contribution in [-0.2, 0) is 25.6 Å². The lowest BCUT2D eigenvalue weighted by Crippen LogP contribution is -2.58. The molecule has 34 heavy (non-hydrogen) atoms. The summed E-state index contributed by atoms with van der Waals surface area (Å²) >= 11 is 1.47. The molecule has 0 aromatic heterocycles. The molecule has 0 spiro atoms. The summed E-state index contributed by atoms with van der Waals surface area (Å²) in [6.45, 7) is 2.72. The maximum Gasteiger partial charge on any atom is 0.328 e. The van der Waals surface area contributed by atoms with Gasteiger partial charge in [0.05, 0.1) is 12.6 Å². The van der Waals surface area contributed by atoms with Gasteiger partial charge in [0.25, 0.3) is 0 Å². The van der Waals surface area contributed by atoms with E-state index in [1.54, 1.807) is 26.0 Å². The third-order valence-corrected chi connectivity index (χ3v) is 5.71. The summed E-state index contributed by atoms with van der Waals surface area (Å²) in [5, 5.41) is 35.3. The van der Waals surface area contributed by atoms with Crippen LogP contribution in [0.25, 0.3) is 0 Å². The van der Waals surface area contributed by atoms with Crippen molar-refractivity contribution in [3.05, 3.63) is 29.8 Å². The molecule has 0 aliphatic rings. The molecule has 11 nitrogen and oxygen atoms in total. The number of carbonyl (C=O) groups is 4. The van der Waals surface area contributed by atoms with Gasteiger partial charge in [0, 0.05) is 6.42 Å². The molecule has 0 fully saturated rings. The largest absolute Gasteiger partial charge is 0.508 e. The van der Waals surface area contributed by atoms with Crippen molar-refractivity contribution in [2.45, 2.75) is 50.9 Å². The molecule has 0 aliphatic carbocycles. The molecule has 0 saturated carbocycles. The van der Waals surface area contributed by atoms with Crippen LogP contribution in [0.1, 0.15) is 25.8 Å². The number of carboxylic acids is 1. The Bertz CT molecular complexity index is 835. The van der Waals surface area contributed by atoms with Gasteiger partial charge in [-0.1, -0.05) is 26.0 Å². The van der Waals surface area contributed by atoms with Crippen molar-refractivity contribution >= 4 is 35.5 Å². The van der Waals surface area contributed by atoms with Crippen LogP contribution in [0.3, 0.4) is 0 Å². The fraction of sp³-hybridized carbons (Fsp3) is 0.545. The molecule has 1 rings (SSSR count). The van der Waals surface area contributed by atoms with Crippen molar-refractivity contribution in [1.29, 1.82) is 0 Å². The molecule has 0 saturated heterocycles. The molecule has 1 aromatic rings. The lowest BCUT2D eigenvalue weighted by molar-refractivity contribution is -0.143. The third-order valence-electron chi connectivity index (χ3n) is 5.07. The van der Waals surface area contributed by atoms with E-state index < -0.39 is 54.5 Å². The van der Waals surface area contributed by atoms with E-state index in [4.69, 9.17) is 10.8 Å². The summed E-state index contributed by atoms with van der Waals surface area (Å²) in [6, 6.07) is 1.38. The SMILES string of the molecule is CSCCC(NC(=O)C(N)C(C)C)C(=O)NC(Cc1ccc(O)cc1)C(=O)NC(CO)C(=O)O. The third kappa shape index (κ3) is 9.57. The molecule has 1 aromatic carbocycles. The molecule has 3 amide bonds. The van der Waals surface area contributed by atoms with Crippen molar-refractivity contribution in [2.75, 3.05) is 18.6 Å². The average molecular weight is 499 g/mol. The number of aromatic hydroxyl groups is 1. The number of nitrogens with one attached hydrogen (secondary N) is 3. The first kappa shape index (κ1) is 29.2. The molecule has 12 heteroatoms. The fourth-order valence-electron chi connectivity index (χ4n) is 2.88. The second-order valence-corrected chi connectivity index (χ2v) is 9.11. The zero-order valence-electron chi connectivity index (χ0n) is 19.5. The van der Waals surface area contributed by atoms with E-state index in [9.17, 15) is 29.4 Å². The van der Waals surface area contributed by atoms with E-state index in [1.807, 2.05) is 6.26 Å². The molecule has 4 atom stereocenters. The first-order valence-electron chi connectivity index (χ1n) is 10.8. The van der Waals surface area contributed by atoms with E-state index in [1.165, 1.54) is 23.9 Å². The molecule has 0 heterocycles. The first-order valence-corrected chi connectivity index (χ1v) is 12.2. The zero-order valence-corrected chi connectivity index (χ0v) is 20.3. The number of aliphatic hydroxyl groups is 1. The summed E-state index contributed by atoms with van der Waals surface area (Å²) in [7, 11) is 0. The average Bonchev–Trinajstić information content (AvgIpc) is 2.79. The van der Waals surface area contributed by atoms with Gasteiger partial charge in [0.15, 0.2) is 0 Å². The fourth-order valence-corrected chi connectivity index (χ4v) is 3.35. The second kappa shape index (κ2) is 14.4. The highest BCUT2D eigenvalue weighted by Crippen LogP contribution is 2.12. The predicted octanol–water partition coefficient (Wildman–Crippen LogP) is -0.798. The maximum atomic E-state index is 13.1. The quantitative estimate of drug-likeness (QED) is 0.172. The number of nitrogens with two attached hydrogens (primary N) is 1. The normalized spacial score (nSPS) is 14.5. The Morgan fingerprint density at radius 3 is 1.97 bits per heavy atom. The van der Waals surface area contributed by atoms with E-state index in [2.05, 4.69) is 16.0 Å². The highest BCUT2D eigenvalue weighted by atomic mass is 32.2. The van der Waals surface area contributed by atoms with Crippen molar-refractivity contribution in [3.8, 4) is 5.75 Å². The number of hydrogen-bond acceptors (Lipinski definition) is 8. The van der Waals surface area contributed by atoms with Gasteiger partial charge in [-0.15, -0.1) is 0 Å². The number of phenols is 1. The topological polar surface area (TPSA) is 191 Å². The number of aliphatic hydroxyl groups excluding tert-OH is 1. The number of rotatable bonds is 14. The summed E-state index contributed by atoms with van der Waals surface area (Å²) < 4.78 is 0. The predicted molar refractivity (Wildman–Crippen MR) is 128 cm³/mol. The number of benzene rings is 1. The molecule has 190 valence electrons. The zero-order chi connectivity index (χ0) is 25.8. The Balaban J connectivity index is 3.10. The van der Waals surface area contributed by atoms with Crippen LogP contribution in [0, 0.1) is 5.92 Å². The first-order chi connectivity index (χ1) is 16.0. The van der Waals surface area contributed by atoms with Crippen molar-refractivity contribution in [2.24, 2.45) is 11.7 Å². The summed E-state index contributed by atoms with van der Waals surface area (Å²) in [5.41, 5.74) is 6.47. The number of carbonyl (C=O) groups excluding carboxylic acids is 3. The highest BCUT2D eigenvalue weighted by molar-refractivity contribution is 7.98. The van der Waals surface area contributed by atoms with Gasteiger partial charge in [-0.2, -0.15) is 11.8 Å². The van der Waals surface area contributed by atoms with Gasteiger partial charge < -0.3 is 37.0 Å². The van der Waals surface area contributed by atoms with Crippen molar-refractivity contribution in [3.63, 3.8) is 0 Å². The smallest absolute Gasteiger partial charge is 0.328 e. The molecule has 0 radical (unpaired) electrons. The van der Waals surface area contributed by atoms with Crippen LogP contribution >= 0.6 is 11.8 Å². The number of hydrogen-bond donors (Lipinski definition) is 7. The van der Waals surface area contributed by atoms with Crippen molar-refractivity contribution in [1.82, 2.24) is 16.0 Å². The minimum absolute atomic E-state index is 0.0151. The number of thioether (sulfide) groups is 1. The van der Waals surface area contributed by atoms with E-state index in [0.717, 1.165) is 0 Å². The van der Waals surface area contributed by atoms with E-state index >= 15 is 0 Å². The summed E-state index contributed by atoms with van der Waals surface area (Å²) in [4.78, 5) is 49.5. The van der Waals surface area contributed by atoms with Crippen LogP contribution in [0.2, 0.25) is 0 Å². The number of phenolic OH excluding ortho intramolecular Hbond substituents is 1. The van der Waals surface area contributed by atoms with Crippen molar-refractivity contribution < 1.29 is 34.5 Å². The van der Waals surface area contributed by atoms with E-state index in [-0.39, 0.29) is 24.5 Å². The van der Waals surface area contributed by atoms with Crippen LogP contribution < -0.4 is 21.7 Å². The standard InChI is InChI=1S/C22H34N4O7S/c1-12(2)18(23)21(31)24-15(8-9-34-3)19(29)25-16(10-13-4-6-14(28)7-5-13)20(30)26-17(11-27)22(32)33/h4-7,12,15-18,27-28H,8-11,23H2,1-3H3,(H,24,31)(H,25,29)(H,26,30)(H,32,33). The van der Waals surface area contributed by atoms with Gasteiger partial charge in [0.2, 0.25) is 17.7 Å². The number of amides is 3. The maximum absolute atomic E-state index is 13.1. The second-order valence-electron chi connectivity index (χ2n) is 8.13. The monoisotopic (exact) mass is 498 g/mol. The molecular formula is C22H34N4O7S. The lowest BCUT2D eigenvalue weighted by atomic mass is 10.0. The minimum atomic E-state index is -1.55. The van der Waals surface area contributed by atoms with E-state index in [0.29, 0.717) is 11.3 Å². The Labute approximate surface area is 202 Å². The van der Waals surface area contributed by atoms with Crippen LogP contribution in [0.15, 0.2) is 24.3 Å². The highest BCUT2D eigenvalue weighted by Gasteiger charge is 2.30. The van der Waals surface area contributed by atoms with Crippen LogP contribution in [0.5, 0.6) is 5.75 Å². The molecule has 0 aliphatic heterocycles. The Kier molecular flexibility index (Phi) is 12.4. The lowest BCUT2D eigenvalue weighted by Gasteiger charge is -2.25. The summed E-state index contributed by atoms with van der Waals surface area (Å²) in [5.74, 6) is -2.97. The Hall–Kier alpha value is -2.83. The molecule has 8 N–H and O–H groups in total. The summed E-state index contributed by atoms with van der Waals surface area (Å²) in [6.07, 6.45) is 2.11. The van der Waals surface area contributed by atoms with Gasteiger partial charge in [0.1, 0.15) is 23.9 Å². The van der Waals surface area contributed by atoms with Gasteiger partial charge in [-0.3, -0.25) is 14.4 Å². The van der Waals surface area contributed by atoms with Crippen LogP contribution in [0.4, 0.5) is 0 Å². The van der Waals surface area contributed by atoms with Crippen LogP contribution in [-0.4, -0.2) is 81.8 Å². The Morgan fingerprint density at radius 2 is 1.47 bits per heavy atom.